The van der Waals surface area contributed by atoms with Gasteiger partial charge in [0, 0.05) is 13.1 Å². The molecule has 20 heavy (non-hydrogen) atoms. The van der Waals surface area contributed by atoms with Crippen molar-refractivity contribution in [1.82, 2.24) is 10.2 Å². The molecule has 1 aromatic rings. The van der Waals surface area contributed by atoms with Gasteiger partial charge in [-0.05, 0) is 50.0 Å². The highest BCUT2D eigenvalue weighted by Crippen LogP contribution is 2.16. The molecule has 0 amide bonds. The summed E-state index contributed by atoms with van der Waals surface area (Å²) in [5.41, 5.74) is 2.81. The molecule has 1 unspecified atom stereocenters. The Labute approximate surface area is 124 Å². The highest BCUT2D eigenvalue weighted by atomic mass is 15.1. The van der Waals surface area contributed by atoms with Crippen LogP contribution >= 0.6 is 0 Å². The normalized spacial score (nSPS) is 12.6. The Kier molecular flexibility index (Phi) is 8.24. The van der Waals surface area contributed by atoms with E-state index >= 15 is 0 Å². The summed E-state index contributed by atoms with van der Waals surface area (Å²) >= 11 is 0. The van der Waals surface area contributed by atoms with Crippen molar-refractivity contribution in [2.75, 3.05) is 26.7 Å². The van der Waals surface area contributed by atoms with Crippen LogP contribution in [0.3, 0.4) is 0 Å². The van der Waals surface area contributed by atoms with Crippen molar-refractivity contribution in [3.63, 3.8) is 0 Å². The van der Waals surface area contributed by atoms with Crippen molar-refractivity contribution >= 4 is 0 Å². The lowest BCUT2D eigenvalue weighted by Crippen LogP contribution is -2.20. The van der Waals surface area contributed by atoms with Crippen molar-refractivity contribution in [1.29, 1.82) is 0 Å². The van der Waals surface area contributed by atoms with Crippen LogP contribution in [0.2, 0.25) is 0 Å². The molecule has 0 spiro atoms. The monoisotopic (exact) mass is 274 g/mol. The van der Waals surface area contributed by atoms with E-state index in [1.54, 1.807) is 0 Å². The molecule has 0 aliphatic heterocycles. The number of hydrogen-bond acceptors (Lipinski definition) is 2. The van der Waals surface area contributed by atoms with Crippen LogP contribution in [0.5, 0.6) is 0 Å². The van der Waals surface area contributed by atoms with E-state index in [-0.39, 0.29) is 0 Å². The van der Waals surface area contributed by atoms with E-state index in [9.17, 15) is 0 Å². The largest absolute Gasteiger partial charge is 0.316 e. The van der Waals surface area contributed by atoms with Crippen molar-refractivity contribution in [3.8, 4) is 0 Å². The number of nitrogens with zero attached hydrogens (tertiary/aromatic N) is 1. The number of likely N-dealkylation sites (N-methyl/N-ethyl adjacent to an activating group) is 1. The number of allylic oxidation sites excluding steroid dienone is 1. The molecule has 0 bridgehead atoms. The third-order valence-corrected chi connectivity index (χ3v) is 3.65. The van der Waals surface area contributed by atoms with E-state index in [0.717, 1.165) is 32.6 Å². The Hall–Kier alpha value is -1.12. The number of hydrogen-bond donors (Lipinski definition) is 1. The van der Waals surface area contributed by atoms with Gasteiger partial charge >= 0.3 is 0 Å². The summed E-state index contributed by atoms with van der Waals surface area (Å²) in [7, 11) is 2.19. The van der Waals surface area contributed by atoms with Crippen molar-refractivity contribution < 1.29 is 0 Å². The smallest absolute Gasteiger partial charge is 0.0230 e. The van der Waals surface area contributed by atoms with Gasteiger partial charge in [0.1, 0.15) is 0 Å². The average molecular weight is 274 g/mol. The van der Waals surface area contributed by atoms with Crippen molar-refractivity contribution in [3.05, 3.63) is 48.0 Å². The van der Waals surface area contributed by atoms with E-state index in [1.807, 2.05) is 6.08 Å². The molecule has 0 saturated heterocycles. The van der Waals surface area contributed by atoms with Crippen LogP contribution in [0.1, 0.15) is 43.7 Å². The first-order chi connectivity index (χ1) is 9.67. The van der Waals surface area contributed by atoms with Gasteiger partial charge in [-0.25, -0.2) is 0 Å². The first-order valence-corrected chi connectivity index (χ1v) is 7.76. The number of benzene rings is 1. The van der Waals surface area contributed by atoms with E-state index in [1.165, 1.54) is 17.5 Å². The van der Waals surface area contributed by atoms with Gasteiger partial charge in [-0.3, -0.25) is 0 Å². The van der Waals surface area contributed by atoms with Crippen LogP contribution in [0, 0.1) is 0 Å². The lowest BCUT2D eigenvalue weighted by molar-refractivity contribution is 0.323. The van der Waals surface area contributed by atoms with E-state index < -0.39 is 0 Å². The molecule has 1 rings (SSSR count). The molecule has 2 nitrogen and oxygen atoms in total. The standard InChI is InChI=1S/C18H30N2/c1-5-7-8-13-20(4)15-17-9-11-18(12-10-17)16(3)14-19-6-2/h5,9-12,16,19H,1,6-8,13-15H2,2-4H3. The van der Waals surface area contributed by atoms with E-state index in [0.29, 0.717) is 5.92 Å². The molecular formula is C18H30N2. The molecular weight excluding hydrogens is 244 g/mol. The van der Waals surface area contributed by atoms with Crippen LogP contribution in [-0.2, 0) is 6.54 Å². The van der Waals surface area contributed by atoms with Crippen molar-refractivity contribution in [2.45, 2.75) is 39.2 Å². The molecule has 0 saturated carbocycles. The van der Waals surface area contributed by atoms with Gasteiger partial charge < -0.3 is 10.2 Å². The van der Waals surface area contributed by atoms with E-state index in [2.05, 4.69) is 62.0 Å². The summed E-state index contributed by atoms with van der Waals surface area (Å²) in [6, 6.07) is 9.08. The maximum atomic E-state index is 3.77. The third kappa shape index (κ3) is 6.36. The van der Waals surface area contributed by atoms with Gasteiger partial charge in [0.25, 0.3) is 0 Å². The Morgan fingerprint density at radius 2 is 2.00 bits per heavy atom. The Morgan fingerprint density at radius 1 is 1.30 bits per heavy atom. The molecule has 0 fully saturated rings. The summed E-state index contributed by atoms with van der Waals surface area (Å²) in [5.74, 6) is 0.578. The fraction of sp³-hybridized carbons (Fsp3) is 0.556. The predicted octanol–water partition coefficient (Wildman–Crippen LogP) is 3.80. The quantitative estimate of drug-likeness (QED) is 0.516. The lowest BCUT2D eigenvalue weighted by atomic mass is 9.99. The predicted molar refractivity (Wildman–Crippen MR) is 89.2 cm³/mol. The second kappa shape index (κ2) is 9.73. The molecule has 0 aliphatic carbocycles. The van der Waals surface area contributed by atoms with Crippen LogP contribution in [0.15, 0.2) is 36.9 Å². The minimum Gasteiger partial charge on any atom is -0.316 e. The highest BCUT2D eigenvalue weighted by Gasteiger charge is 2.05. The molecule has 112 valence electrons. The van der Waals surface area contributed by atoms with Gasteiger partial charge in [0.05, 0.1) is 0 Å². The second-order valence-corrected chi connectivity index (χ2v) is 5.62. The zero-order valence-electron chi connectivity index (χ0n) is 13.4. The summed E-state index contributed by atoms with van der Waals surface area (Å²) in [6.45, 7) is 12.4. The molecule has 0 aromatic heterocycles. The van der Waals surface area contributed by atoms with Crippen molar-refractivity contribution in [2.24, 2.45) is 0 Å². The Morgan fingerprint density at radius 3 is 2.60 bits per heavy atom. The minimum absolute atomic E-state index is 0.578. The summed E-state index contributed by atoms with van der Waals surface area (Å²) < 4.78 is 0. The molecule has 1 atom stereocenters. The van der Waals surface area contributed by atoms with Crippen LogP contribution < -0.4 is 5.32 Å². The zero-order valence-corrected chi connectivity index (χ0v) is 13.4. The van der Waals surface area contributed by atoms with Gasteiger partial charge in [-0.1, -0.05) is 44.2 Å². The van der Waals surface area contributed by atoms with Gasteiger partial charge in [0.15, 0.2) is 0 Å². The Balaban J connectivity index is 2.43. The maximum absolute atomic E-state index is 3.77. The van der Waals surface area contributed by atoms with Crippen LogP contribution in [0.25, 0.3) is 0 Å². The van der Waals surface area contributed by atoms with E-state index in [4.69, 9.17) is 0 Å². The summed E-state index contributed by atoms with van der Waals surface area (Å²) in [5, 5.41) is 3.41. The van der Waals surface area contributed by atoms with Gasteiger partial charge in [-0.15, -0.1) is 6.58 Å². The summed E-state index contributed by atoms with van der Waals surface area (Å²) in [6.07, 6.45) is 4.29. The fourth-order valence-corrected chi connectivity index (χ4v) is 2.33. The zero-order chi connectivity index (χ0) is 14.8. The first kappa shape index (κ1) is 16.9. The molecule has 0 aliphatic rings. The Bertz CT molecular complexity index is 370. The van der Waals surface area contributed by atoms with Crippen LogP contribution in [0.4, 0.5) is 0 Å². The lowest BCUT2D eigenvalue weighted by Gasteiger charge is -2.17. The van der Waals surface area contributed by atoms with Gasteiger partial charge in [-0.2, -0.15) is 0 Å². The molecule has 2 heteroatoms. The van der Waals surface area contributed by atoms with Gasteiger partial charge in [0.2, 0.25) is 0 Å². The van der Waals surface area contributed by atoms with Crippen LogP contribution in [-0.4, -0.2) is 31.6 Å². The number of nitrogens with one attached hydrogen (secondary N) is 1. The molecule has 0 heterocycles. The summed E-state index contributed by atoms with van der Waals surface area (Å²) in [4.78, 5) is 2.38. The fourth-order valence-electron chi connectivity index (χ4n) is 2.33. The molecule has 1 aromatic carbocycles. The average Bonchev–Trinajstić information content (AvgIpc) is 2.46. The number of rotatable bonds is 10. The number of unbranched alkanes of at least 4 members (excludes halogenated alkanes) is 1. The second-order valence-electron chi connectivity index (χ2n) is 5.62. The molecule has 1 N–H and O–H groups in total. The maximum Gasteiger partial charge on any atom is 0.0230 e. The third-order valence-electron chi connectivity index (χ3n) is 3.65. The first-order valence-electron chi connectivity index (χ1n) is 7.76. The minimum atomic E-state index is 0.578. The highest BCUT2D eigenvalue weighted by molar-refractivity contribution is 5.25. The topological polar surface area (TPSA) is 15.3 Å². The SMILES string of the molecule is C=CCCCN(C)Cc1ccc(C(C)CNCC)cc1. The molecule has 0 radical (unpaired) electrons.